The average molecular weight is 398 g/mol. The van der Waals surface area contributed by atoms with Crippen molar-refractivity contribution in [2.75, 3.05) is 6.54 Å². The maximum Gasteiger partial charge on any atom is 0.325 e. The summed E-state index contributed by atoms with van der Waals surface area (Å²) in [5, 5.41) is 2.60. The van der Waals surface area contributed by atoms with Gasteiger partial charge in [0, 0.05) is 5.56 Å². The number of halogens is 1. The van der Waals surface area contributed by atoms with Crippen LogP contribution in [0.15, 0.2) is 48.5 Å². The number of carbonyl (C=O) groups is 4. The number of amides is 5. The summed E-state index contributed by atoms with van der Waals surface area (Å²) in [6.45, 7) is 2.89. The van der Waals surface area contributed by atoms with Gasteiger partial charge in [0.25, 0.3) is 17.7 Å². The Kier molecular flexibility index (Phi) is 5.31. The first-order valence-corrected chi connectivity index (χ1v) is 8.77. The van der Waals surface area contributed by atoms with Crippen molar-refractivity contribution >= 4 is 23.8 Å². The van der Waals surface area contributed by atoms with E-state index in [0.29, 0.717) is 5.56 Å². The van der Waals surface area contributed by atoms with Gasteiger partial charge in [-0.3, -0.25) is 30.1 Å². The molecule has 0 spiro atoms. The van der Waals surface area contributed by atoms with Gasteiger partial charge in [-0.05, 0) is 43.7 Å². The molecule has 0 radical (unpaired) electrons. The zero-order chi connectivity index (χ0) is 21.2. The Morgan fingerprint density at radius 1 is 1.03 bits per heavy atom. The lowest BCUT2D eigenvalue weighted by Crippen LogP contribution is -2.48. The minimum Gasteiger partial charge on any atom is -0.319 e. The molecule has 1 saturated heterocycles. The van der Waals surface area contributed by atoms with Crippen LogP contribution in [0.25, 0.3) is 0 Å². The van der Waals surface area contributed by atoms with E-state index in [4.69, 9.17) is 0 Å². The van der Waals surface area contributed by atoms with Crippen LogP contribution in [0.5, 0.6) is 0 Å². The molecule has 150 valence electrons. The number of hydrogen-bond donors (Lipinski definition) is 3. The van der Waals surface area contributed by atoms with Gasteiger partial charge in [-0.1, -0.05) is 29.8 Å². The normalized spacial score (nSPS) is 18.4. The number of rotatable bonds is 4. The largest absolute Gasteiger partial charge is 0.325 e. The highest BCUT2D eigenvalue weighted by atomic mass is 19.1. The standard InChI is InChI=1S/C20H19FN4O4/c1-12-3-7-14(8-4-12)20(2)18(28)25(19(29)22-20)11-16(26)23-24-17(27)13-5-9-15(21)10-6-13/h3-10H,11H2,1-2H3,(H,22,29)(H,23,26)(H,24,27)/t20-/m1/s1. The number of aryl methyl sites for hydroxylation is 1. The zero-order valence-corrected chi connectivity index (χ0v) is 15.8. The summed E-state index contributed by atoms with van der Waals surface area (Å²) in [5.41, 5.74) is 4.72. The van der Waals surface area contributed by atoms with Crippen molar-refractivity contribution in [2.45, 2.75) is 19.4 Å². The first-order valence-electron chi connectivity index (χ1n) is 8.77. The van der Waals surface area contributed by atoms with E-state index in [1.807, 2.05) is 19.1 Å². The van der Waals surface area contributed by atoms with Crippen LogP contribution < -0.4 is 16.2 Å². The second kappa shape index (κ2) is 7.70. The third-order valence-electron chi connectivity index (χ3n) is 4.63. The highest BCUT2D eigenvalue weighted by molar-refractivity contribution is 6.09. The molecule has 0 unspecified atom stereocenters. The summed E-state index contributed by atoms with van der Waals surface area (Å²) in [6.07, 6.45) is 0. The first-order chi connectivity index (χ1) is 13.7. The van der Waals surface area contributed by atoms with Gasteiger partial charge < -0.3 is 5.32 Å². The highest BCUT2D eigenvalue weighted by Gasteiger charge is 2.49. The summed E-state index contributed by atoms with van der Waals surface area (Å²) >= 11 is 0. The van der Waals surface area contributed by atoms with E-state index < -0.39 is 41.7 Å². The van der Waals surface area contributed by atoms with Crippen molar-refractivity contribution in [1.82, 2.24) is 21.1 Å². The second-order valence-electron chi connectivity index (χ2n) is 6.82. The smallest absolute Gasteiger partial charge is 0.319 e. The van der Waals surface area contributed by atoms with Crippen LogP contribution in [0.2, 0.25) is 0 Å². The molecular formula is C20H19FN4O4. The maximum atomic E-state index is 12.9. The number of hydrazine groups is 1. The molecule has 1 aliphatic rings. The van der Waals surface area contributed by atoms with E-state index in [1.54, 1.807) is 19.1 Å². The molecule has 2 aromatic rings. The Morgan fingerprint density at radius 3 is 2.28 bits per heavy atom. The van der Waals surface area contributed by atoms with E-state index in [-0.39, 0.29) is 5.56 Å². The van der Waals surface area contributed by atoms with Crippen LogP contribution in [0.4, 0.5) is 9.18 Å². The summed E-state index contributed by atoms with van der Waals surface area (Å²) in [4.78, 5) is 49.9. The number of imide groups is 1. The van der Waals surface area contributed by atoms with Gasteiger partial charge in [-0.15, -0.1) is 0 Å². The Bertz CT molecular complexity index is 975. The Hall–Kier alpha value is -3.75. The van der Waals surface area contributed by atoms with Crippen molar-refractivity contribution in [3.8, 4) is 0 Å². The molecule has 9 heteroatoms. The molecule has 8 nitrogen and oxygen atoms in total. The van der Waals surface area contributed by atoms with E-state index in [0.717, 1.165) is 22.6 Å². The highest BCUT2D eigenvalue weighted by Crippen LogP contribution is 2.28. The third kappa shape index (κ3) is 4.08. The Morgan fingerprint density at radius 2 is 1.66 bits per heavy atom. The van der Waals surface area contributed by atoms with Crippen LogP contribution >= 0.6 is 0 Å². The molecule has 0 aliphatic carbocycles. The molecule has 1 fully saturated rings. The van der Waals surface area contributed by atoms with Crippen LogP contribution in [0.1, 0.15) is 28.4 Å². The van der Waals surface area contributed by atoms with Crippen LogP contribution in [0.3, 0.4) is 0 Å². The molecule has 0 aromatic heterocycles. The summed E-state index contributed by atoms with van der Waals surface area (Å²) in [5.74, 6) is -2.51. The minimum atomic E-state index is -1.29. The van der Waals surface area contributed by atoms with E-state index in [2.05, 4.69) is 16.2 Å². The lowest BCUT2D eigenvalue weighted by Gasteiger charge is -2.22. The second-order valence-corrected chi connectivity index (χ2v) is 6.82. The monoisotopic (exact) mass is 398 g/mol. The number of carbonyl (C=O) groups excluding carboxylic acids is 4. The Labute approximate surface area is 166 Å². The molecule has 29 heavy (non-hydrogen) atoms. The fourth-order valence-corrected chi connectivity index (χ4v) is 2.91. The summed E-state index contributed by atoms with van der Waals surface area (Å²) in [6, 6.07) is 11.1. The molecule has 3 N–H and O–H groups in total. The molecule has 2 aromatic carbocycles. The van der Waals surface area contributed by atoms with Crippen LogP contribution in [-0.4, -0.2) is 35.2 Å². The number of benzene rings is 2. The van der Waals surface area contributed by atoms with Gasteiger partial charge in [0.1, 0.15) is 17.9 Å². The summed E-state index contributed by atoms with van der Waals surface area (Å²) in [7, 11) is 0. The van der Waals surface area contributed by atoms with Gasteiger partial charge in [-0.2, -0.15) is 0 Å². The van der Waals surface area contributed by atoms with Gasteiger partial charge in [0.15, 0.2) is 0 Å². The molecule has 3 rings (SSSR count). The van der Waals surface area contributed by atoms with Crippen LogP contribution in [-0.2, 0) is 15.1 Å². The summed E-state index contributed by atoms with van der Waals surface area (Å²) < 4.78 is 12.9. The average Bonchev–Trinajstić information content (AvgIpc) is 2.91. The minimum absolute atomic E-state index is 0.133. The predicted octanol–water partition coefficient (Wildman–Crippen LogP) is 1.36. The number of urea groups is 1. The molecule has 1 heterocycles. The molecule has 1 aliphatic heterocycles. The van der Waals surface area contributed by atoms with Gasteiger partial charge in [0.05, 0.1) is 0 Å². The fraction of sp³-hybridized carbons (Fsp3) is 0.200. The molecular weight excluding hydrogens is 379 g/mol. The Balaban J connectivity index is 1.62. The molecule has 0 bridgehead atoms. The van der Waals surface area contributed by atoms with Crippen molar-refractivity contribution in [1.29, 1.82) is 0 Å². The van der Waals surface area contributed by atoms with Crippen molar-refractivity contribution in [3.05, 3.63) is 71.0 Å². The number of nitrogens with zero attached hydrogens (tertiary/aromatic N) is 1. The zero-order valence-electron chi connectivity index (χ0n) is 15.8. The van der Waals surface area contributed by atoms with E-state index >= 15 is 0 Å². The molecule has 5 amide bonds. The van der Waals surface area contributed by atoms with Crippen molar-refractivity contribution < 1.29 is 23.6 Å². The quantitative estimate of drug-likeness (QED) is 0.534. The van der Waals surface area contributed by atoms with Crippen LogP contribution in [0, 0.1) is 12.7 Å². The van der Waals surface area contributed by atoms with E-state index in [9.17, 15) is 23.6 Å². The van der Waals surface area contributed by atoms with E-state index in [1.165, 1.54) is 12.1 Å². The first kappa shape index (κ1) is 20.0. The fourth-order valence-electron chi connectivity index (χ4n) is 2.91. The maximum absolute atomic E-state index is 12.9. The van der Waals surface area contributed by atoms with Crippen molar-refractivity contribution in [3.63, 3.8) is 0 Å². The third-order valence-corrected chi connectivity index (χ3v) is 4.63. The van der Waals surface area contributed by atoms with Gasteiger partial charge in [-0.25, -0.2) is 9.18 Å². The SMILES string of the molecule is Cc1ccc([C@@]2(C)NC(=O)N(CC(=O)NNC(=O)c3ccc(F)cc3)C2=O)cc1. The molecule has 1 atom stereocenters. The van der Waals surface area contributed by atoms with Crippen molar-refractivity contribution in [2.24, 2.45) is 0 Å². The number of nitrogens with one attached hydrogen (secondary N) is 3. The van der Waals surface area contributed by atoms with Gasteiger partial charge in [0.2, 0.25) is 0 Å². The van der Waals surface area contributed by atoms with Gasteiger partial charge >= 0.3 is 6.03 Å². The predicted molar refractivity (Wildman–Crippen MR) is 101 cm³/mol. The topological polar surface area (TPSA) is 108 Å². The lowest BCUT2D eigenvalue weighted by atomic mass is 9.91. The molecule has 0 saturated carbocycles. The lowest BCUT2D eigenvalue weighted by molar-refractivity contribution is -0.135. The number of hydrogen-bond acceptors (Lipinski definition) is 4.